The summed E-state index contributed by atoms with van der Waals surface area (Å²) in [7, 11) is 0. The highest BCUT2D eigenvalue weighted by atomic mass is 35.5. The second-order valence-corrected chi connectivity index (χ2v) is 4.97. The Morgan fingerprint density at radius 3 is 2.41 bits per heavy atom. The molecule has 0 bridgehead atoms. The van der Waals surface area contributed by atoms with E-state index in [0.717, 1.165) is 24.8 Å². The lowest BCUT2D eigenvalue weighted by Crippen LogP contribution is -2.14. The van der Waals surface area contributed by atoms with Crippen molar-refractivity contribution in [1.82, 2.24) is 0 Å². The van der Waals surface area contributed by atoms with E-state index in [1.54, 1.807) is 12.1 Å². The van der Waals surface area contributed by atoms with E-state index in [9.17, 15) is 10.1 Å². The first-order valence-electron chi connectivity index (χ1n) is 5.92. The van der Waals surface area contributed by atoms with Crippen molar-refractivity contribution in [3.8, 4) is 0 Å². The first kappa shape index (κ1) is 14.0. The number of nitro groups is 1. The lowest BCUT2D eigenvalue weighted by molar-refractivity contribution is -0.384. The largest absolute Gasteiger partial charge is 0.269 e. The van der Waals surface area contributed by atoms with Crippen molar-refractivity contribution in [2.75, 3.05) is 0 Å². The van der Waals surface area contributed by atoms with E-state index in [4.69, 9.17) is 11.6 Å². The maximum Gasteiger partial charge on any atom is 0.269 e. The van der Waals surface area contributed by atoms with Crippen molar-refractivity contribution in [1.29, 1.82) is 0 Å². The molecule has 4 heteroatoms. The van der Waals surface area contributed by atoms with E-state index in [-0.39, 0.29) is 16.0 Å². The van der Waals surface area contributed by atoms with Crippen molar-refractivity contribution < 1.29 is 4.92 Å². The molecule has 0 saturated carbocycles. The van der Waals surface area contributed by atoms with Gasteiger partial charge in [-0.15, -0.1) is 11.6 Å². The van der Waals surface area contributed by atoms with E-state index in [2.05, 4.69) is 13.8 Å². The molecule has 1 rings (SSSR count). The summed E-state index contributed by atoms with van der Waals surface area (Å²) in [6.07, 6.45) is 3.01. The van der Waals surface area contributed by atoms with Gasteiger partial charge in [-0.25, -0.2) is 0 Å². The van der Waals surface area contributed by atoms with Crippen LogP contribution in [0.15, 0.2) is 24.3 Å². The SMILES string of the molecule is CCCC(C)C(Cl)Cc1ccc([N+](=O)[O-])cc1. The fraction of sp³-hybridized carbons (Fsp3) is 0.538. The van der Waals surface area contributed by atoms with Gasteiger partial charge in [0.15, 0.2) is 0 Å². The second kappa shape index (κ2) is 6.60. The number of alkyl halides is 1. The quantitative estimate of drug-likeness (QED) is 0.435. The molecule has 0 saturated heterocycles. The molecule has 3 nitrogen and oxygen atoms in total. The Hall–Kier alpha value is -1.09. The predicted octanol–water partition coefficient (Wildman–Crippen LogP) is 4.18. The summed E-state index contributed by atoms with van der Waals surface area (Å²) in [5, 5.41) is 10.6. The predicted molar refractivity (Wildman–Crippen MR) is 70.5 cm³/mol. The van der Waals surface area contributed by atoms with Crippen LogP contribution < -0.4 is 0 Å². The minimum atomic E-state index is -0.387. The van der Waals surface area contributed by atoms with Crippen LogP contribution in [0.25, 0.3) is 0 Å². The summed E-state index contributed by atoms with van der Waals surface area (Å²) in [6, 6.07) is 6.63. The van der Waals surface area contributed by atoms with Crippen LogP contribution in [0.4, 0.5) is 5.69 Å². The monoisotopic (exact) mass is 255 g/mol. The molecule has 0 fully saturated rings. The first-order chi connectivity index (χ1) is 8.04. The van der Waals surface area contributed by atoms with Crippen molar-refractivity contribution in [3.05, 3.63) is 39.9 Å². The number of nitro benzene ring substituents is 1. The summed E-state index contributed by atoms with van der Waals surface area (Å²) in [5.74, 6) is 0.469. The third-order valence-corrected chi connectivity index (χ3v) is 3.52. The van der Waals surface area contributed by atoms with Crippen molar-refractivity contribution in [3.63, 3.8) is 0 Å². The van der Waals surface area contributed by atoms with E-state index in [1.807, 2.05) is 0 Å². The number of hydrogen-bond donors (Lipinski definition) is 0. The summed E-state index contributed by atoms with van der Waals surface area (Å²) in [5.41, 5.74) is 1.18. The Morgan fingerprint density at radius 1 is 1.35 bits per heavy atom. The molecule has 0 spiro atoms. The zero-order valence-corrected chi connectivity index (χ0v) is 11.0. The van der Waals surface area contributed by atoms with Gasteiger partial charge in [-0.05, 0) is 24.3 Å². The zero-order valence-electron chi connectivity index (χ0n) is 10.2. The van der Waals surface area contributed by atoms with Crippen molar-refractivity contribution in [2.45, 2.75) is 38.5 Å². The van der Waals surface area contributed by atoms with Crippen LogP contribution in [-0.4, -0.2) is 10.3 Å². The second-order valence-electron chi connectivity index (χ2n) is 4.41. The summed E-state index contributed by atoms with van der Waals surface area (Å²) < 4.78 is 0. The van der Waals surface area contributed by atoms with Gasteiger partial charge in [0.2, 0.25) is 0 Å². The minimum absolute atomic E-state index is 0.0939. The van der Waals surface area contributed by atoms with Crippen LogP contribution in [0.5, 0.6) is 0 Å². The average Bonchev–Trinajstić information content (AvgIpc) is 2.30. The molecule has 0 aromatic heterocycles. The lowest BCUT2D eigenvalue weighted by Gasteiger charge is -2.17. The van der Waals surface area contributed by atoms with Gasteiger partial charge in [-0.1, -0.05) is 32.4 Å². The minimum Gasteiger partial charge on any atom is -0.258 e. The topological polar surface area (TPSA) is 43.1 Å². The third kappa shape index (κ3) is 4.35. The lowest BCUT2D eigenvalue weighted by atomic mass is 9.96. The van der Waals surface area contributed by atoms with E-state index < -0.39 is 0 Å². The van der Waals surface area contributed by atoms with Crippen LogP contribution in [0, 0.1) is 16.0 Å². The van der Waals surface area contributed by atoms with Crippen molar-refractivity contribution in [2.24, 2.45) is 5.92 Å². The van der Waals surface area contributed by atoms with E-state index in [0.29, 0.717) is 5.92 Å². The summed E-state index contributed by atoms with van der Waals surface area (Å²) in [4.78, 5) is 10.1. The molecule has 1 aromatic carbocycles. The average molecular weight is 256 g/mol. The van der Waals surface area contributed by atoms with Gasteiger partial charge in [0.1, 0.15) is 0 Å². The highest BCUT2D eigenvalue weighted by Gasteiger charge is 2.14. The summed E-state index contributed by atoms with van der Waals surface area (Å²) in [6.45, 7) is 4.29. The molecule has 0 heterocycles. The van der Waals surface area contributed by atoms with Crippen LogP contribution >= 0.6 is 11.6 Å². The van der Waals surface area contributed by atoms with Crippen molar-refractivity contribution >= 4 is 17.3 Å². The standard InChI is InChI=1S/C13H18ClNO2/c1-3-4-10(2)13(14)9-11-5-7-12(8-6-11)15(16)17/h5-8,10,13H,3-4,9H2,1-2H3. The Balaban J connectivity index is 2.59. The number of halogens is 1. The van der Waals surface area contributed by atoms with Gasteiger partial charge in [-0.3, -0.25) is 10.1 Å². The van der Waals surface area contributed by atoms with E-state index >= 15 is 0 Å². The molecule has 94 valence electrons. The van der Waals surface area contributed by atoms with Crippen LogP contribution in [-0.2, 0) is 6.42 Å². The number of nitrogens with zero attached hydrogens (tertiary/aromatic N) is 1. The van der Waals surface area contributed by atoms with Gasteiger partial charge in [0, 0.05) is 17.5 Å². The Labute approximate surface area is 107 Å². The molecule has 2 atom stereocenters. The van der Waals surface area contributed by atoms with Gasteiger partial charge in [-0.2, -0.15) is 0 Å². The molecular weight excluding hydrogens is 238 g/mol. The molecule has 1 aromatic rings. The fourth-order valence-corrected chi connectivity index (χ4v) is 2.12. The number of rotatable bonds is 6. The highest BCUT2D eigenvalue weighted by molar-refractivity contribution is 6.20. The fourth-order valence-electron chi connectivity index (χ4n) is 1.82. The van der Waals surface area contributed by atoms with Crippen LogP contribution in [0.1, 0.15) is 32.3 Å². The maximum absolute atomic E-state index is 10.5. The third-order valence-electron chi connectivity index (χ3n) is 2.94. The van der Waals surface area contributed by atoms with Crippen LogP contribution in [0.2, 0.25) is 0 Å². The maximum atomic E-state index is 10.5. The van der Waals surface area contributed by atoms with E-state index in [1.165, 1.54) is 12.1 Å². The molecular formula is C13H18ClNO2. The summed E-state index contributed by atoms with van der Waals surface area (Å²) >= 11 is 6.31. The molecule has 0 aliphatic rings. The van der Waals surface area contributed by atoms with Gasteiger partial charge < -0.3 is 0 Å². The molecule has 2 unspecified atom stereocenters. The molecule has 0 N–H and O–H groups in total. The van der Waals surface area contributed by atoms with Crippen LogP contribution in [0.3, 0.4) is 0 Å². The molecule has 0 aliphatic carbocycles. The molecule has 0 radical (unpaired) electrons. The number of non-ortho nitro benzene ring substituents is 1. The molecule has 0 amide bonds. The number of benzene rings is 1. The molecule has 0 aliphatic heterocycles. The first-order valence-corrected chi connectivity index (χ1v) is 6.35. The highest BCUT2D eigenvalue weighted by Crippen LogP contribution is 2.21. The van der Waals surface area contributed by atoms with Gasteiger partial charge >= 0.3 is 0 Å². The normalized spacial score (nSPS) is 14.3. The smallest absolute Gasteiger partial charge is 0.258 e. The molecule has 17 heavy (non-hydrogen) atoms. The Kier molecular flexibility index (Phi) is 5.42. The van der Waals surface area contributed by atoms with Gasteiger partial charge in [0.05, 0.1) is 4.92 Å². The Bertz CT molecular complexity index is 364. The van der Waals surface area contributed by atoms with Gasteiger partial charge in [0.25, 0.3) is 5.69 Å². The zero-order chi connectivity index (χ0) is 12.8. The number of hydrogen-bond acceptors (Lipinski definition) is 2. The Morgan fingerprint density at radius 2 is 1.94 bits per heavy atom.